The first-order valence-corrected chi connectivity index (χ1v) is 8.80. The van der Waals surface area contributed by atoms with Crippen molar-refractivity contribution in [2.75, 3.05) is 11.6 Å². The van der Waals surface area contributed by atoms with Crippen molar-refractivity contribution in [2.45, 2.75) is 22.9 Å². The number of nitrogens with one attached hydrogen (secondary N) is 2. The van der Waals surface area contributed by atoms with Crippen molar-refractivity contribution in [2.24, 2.45) is 0 Å². The lowest BCUT2D eigenvalue weighted by Crippen LogP contribution is -2.50. The van der Waals surface area contributed by atoms with Crippen molar-refractivity contribution < 1.29 is 30.7 Å². The Morgan fingerprint density at radius 3 is 2.08 bits per heavy atom. The fraction of sp³-hybridized carbons (Fsp3) is 0.308. The molecular weight excluding hydrogens is 512 g/mol. The zero-order valence-corrected chi connectivity index (χ0v) is 15.8. The Morgan fingerprint density at radius 2 is 1.68 bits per heavy atom. The van der Waals surface area contributed by atoms with E-state index in [2.05, 4.69) is 5.32 Å². The van der Waals surface area contributed by atoms with Gasteiger partial charge in [0.25, 0.3) is 0 Å². The van der Waals surface area contributed by atoms with Gasteiger partial charge in [-0.15, -0.1) is 11.8 Å². The van der Waals surface area contributed by atoms with Gasteiger partial charge in [-0.1, -0.05) is 11.6 Å². The lowest BCUT2D eigenvalue weighted by Gasteiger charge is -2.31. The van der Waals surface area contributed by atoms with Crippen LogP contribution in [0.5, 0.6) is 0 Å². The molecule has 0 unspecified atom stereocenters. The smallest absolute Gasteiger partial charge is 0.358 e. The minimum Gasteiger partial charge on any atom is -0.358 e. The van der Waals surface area contributed by atoms with E-state index in [4.69, 9.17) is 17.0 Å². The predicted molar refractivity (Wildman–Crippen MR) is 92.6 cm³/mol. The van der Waals surface area contributed by atoms with E-state index in [1.54, 1.807) is 22.6 Å². The molecule has 0 heterocycles. The summed E-state index contributed by atoms with van der Waals surface area (Å²) in [5.74, 6) is 0. The third-order valence-electron chi connectivity index (χ3n) is 2.95. The van der Waals surface area contributed by atoms with Gasteiger partial charge in [0.1, 0.15) is 0 Å². The predicted octanol–water partition coefficient (Wildman–Crippen LogP) is 6.69. The number of hydrogen-bond donors (Lipinski definition) is 2. The Morgan fingerprint density at radius 1 is 1.16 bits per heavy atom. The van der Waals surface area contributed by atoms with E-state index in [9.17, 15) is 30.7 Å². The number of rotatable bonds is 5. The molecule has 1 aromatic carbocycles. The van der Waals surface area contributed by atoms with Gasteiger partial charge in [-0.3, -0.25) is 0 Å². The Kier molecular flexibility index (Phi) is 7.07. The SMILES string of the molecule is CSc1cc(C(F)(C(F)(F)F)C(F)(F)F)cc(Cl)c1N/C=C(/I)C=N. The van der Waals surface area contributed by atoms with Crippen LogP contribution in [0.1, 0.15) is 5.56 Å². The topological polar surface area (TPSA) is 35.9 Å². The molecule has 12 heteroatoms. The first-order chi connectivity index (χ1) is 11.3. The average molecular weight is 521 g/mol. The van der Waals surface area contributed by atoms with E-state index in [0.29, 0.717) is 9.65 Å². The molecular formula is C13H9ClF7IN2S. The molecule has 140 valence electrons. The summed E-state index contributed by atoms with van der Waals surface area (Å²) >= 11 is 8.32. The molecule has 0 aliphatic carbocycles. The van der Waals surface area contributed by atoms with Crippen LogP contribution in [-0.2, 0) is 5.67 Å². The minimum atomic E-state index is -6.21. The van der Waals surface area contributed by atoms with Gasteiger partial charge in [0, 0.05) is 26.5 Å². The second-order valence-electron chi connectivity index (χ2n) is 4.51. The number of allylic oxidation sites excluding steroid dienone is 1. The minimum absolute atomic E-state index is 0.000585. The van der Waals surface area contributed by atoms with Crippen LogP contribution in [0.15, 0.2) is 26.8 Å². The van der Waals surface area contributed by atoms with Crippen LogP contribution in [0.2, 0.25) is 5.02 Å². The highest BCUT2D eigenvalue weighted by atomic mass is 127. The molecule has 2 N–H and O–H groups in total. The number of anilines is 1. The summed E-state index contributed by atoms with van der Waals surface area (Å²) in [6.07, 6.45) is -8.82. The van der Waals surface area contributed by atoms with Gasteiger partial charge in [0.05, 0.1) is 10.7 Å². The Bertz CT molecular complexity index is 674. The molecule has 1 rings (SSSR count). The van der Waals surface area contributed by atoms with E-state index in [-0.39, 0.29) is 16.6 Å². The summed E-state index contributed by atoms with van der Waals surface area (Å²) in [6.45, 7) is 0. The van der Waals surface area contributed by atoms with Crippen molar-refractivity contribution in [1.29, 1.82) is 5.41 Å². The van der Waals surface area contributed by atoms with Crippen molar-refractivity contribution in [1.82, 2.24) is 0 Å². The summed E-state index contributed by atoms with van der Waals surface area (Å²) in [7, 11) is 0. The Labute approximate surface area is 160 Å². The summed E-state index contributed by atoms with van der Waals surface area (Å²) in [4.78, 5) is -0.122. The Hall–Kier alpha value is -0.690. The van der Waals surface area contributed by atoms with Crippen LogP contribution < -0.4 is 5.32 Å². The molecule has 0 radical (unpaired) electrons. The molecule has 0 aliphatic heterocycles. The van der Waals surface area contributed by atoms with Crippen LogP contribution >= 0.6 is 46.0 Å². The molecule has 0 aliphatic rings. The summed E-state index contributed by atoms with van der Waals surface area (Å²) in [5.41, 5.74) is -7.20. The largest absolute Gasteiger partial charge is 0.435 e. The summed E-state index contributed by atoms with van der Waals surface area (Å²) < 4.78 is 91.7. The molecule has 0 amide bonds. The molecule has 0 fully saturated rings. The van der Waals surface area contributed by atoms with Crippen LogP contribution in [0, 0.1) is 5.41 Å². The number of thioether (sulfide) groups is 1. The van der Waals surface area contributed by atoms with E-state index >= 15 is 0 Å². The maximum atomic E-state index is 14.2. The molecule has 0 aromatic heterocycles. The van der Waals surface area contributed by atoms with E-state index in [1.165, 1.54) is 12.5 Å². The molecule has 0 atom stereocenters. The lowest BCUT2D eigenvalue weighted by atomic mass is 9.94. The molecule has 0 bridgehead atoms. The van der Waals surface area contributed by atoms with E-state index in [1.807, 2.05) is 0 Å². The molecule has 2 nitrogen and oxygen atoms in total. The zero-order valence-electron chi connectivity index (χ0n) is 12.1. The third kappa shape index (κ3) is 4.54. The second-order valence-corrected chi connectivity index (χ2v) is 7.01. The summed E-state index contributed by atoms with van der Waals surface area (Å²) in [5, 5.41) is 9.06. The highest BCUT2D eigenvalue weighted by Gasteiger charge is 2.73. The van der Waals surface area contributed by atoms with Crippen LogP contribution in [0.25, 0.3) is 0 Å². The number of hydrogen-bond acceptors (Lipinski definition) is 3. The highest BCUT2D eigenvalue weighted by molar-refractivity contribution is 14.1. The van der Waals surface area contributed by atoms with Crippen molar-refractivity contribution in [3.63, 3.8) is 0 Å². The van der Waals surface area contributed by atoms with Crippen molar-refractivity contribution >= 4 is 57.9 Å². The summed E-state index contributed by atoms with van der Waals surface area (Å²) in [6, 6.07) is 0.737. The van der Waals surface area contributed by atoms with E-state index in [0.717, 1.165) is 18.0 Å². The molecule has 0 spiro atoms. The quantitative estimate of drug-likeness (QED) is 0.196. The molecule has 0 saturated heterocycles. The monoisotopic (exact) mass is 520 g/mol. The van der Waals surface area contributed by atoms with Crippen molar-refractivity contribution in [3.8, 4) is 0 Å². The van der Waals surface area contributed by atoms with Gasteiger partial charge in [-0.2, -0.15) is 26.3 Å². The second kappa shape index (κ2) is 7.91. The van der Waals surface area contributed by atoms with Gasteiger partial charge < -0.3 is 10.7 Å². The van der Waals surface area contributed by atoms with Gasteiger partial charge in [-0.05, 0) is 41.0 Å². The first kappa shape index (κ1) is 22.4. The molecule has 1 aromatic rings. The number of benzene rings is 1. The zero-order chi connectivity index (χ0) is 19.6. The fourth-order valence-corrected chi connectivity index (χ4v) is 2.86. The van der Waals surface area contributed by atoms with Gasteiger partial charge >= 0.3 is 18.0 Å². The standard InChI is InChI=1S/C13H9ClF7IN2S/c1-25-9-3-6(11(15,12(16,17)18)13(19,20)21)2-8(14)10(9)24-5-7(22)4-23/h2-5,23-24H,1H3/b7-5+,23-4?. The van der Waals surface area contributed by atoms with E-state index < -0.39 is 28.6 Å². The third-order valence-corrected chi connectivity index (χ3v) is 4.63. The molecule has 25 heavy (non-hydrogen) atoms. The fourth-order valence-electron chi connectivity index (χ4n) is 1.75. The average Bonchev–Trinajstić information content (AvgIpc) is 2.49. The van der Waals surface area contributed by atoms with Crippen LogP contribution in [0.4, 0.5) is 36.4 Å². The molecule has 0 saturated carbocycles. The number of alkyl halides is 7. The van der Waals surface area contributed by atoms with Gasteiger partial charge in [-0.25, -0.2) is 4.39 Å². The van der Waals surface area contributed by atoms with Gasteiger partial charge in [0.2, 0.25) is 0 Å². The lowest BCUT2D eigenvalue weighted by molar-refractivity contribution is -0.348. The number of halogens is 9. The van der Waals surface area contributed by atoms with Crippen molar-refractivity contribution in [3.05, 3.63) is 32.5 Å². The highest BCUT2D eigenvalue weighted by Crippen LogP contribution is 2.54. The van der Waals surface area contributed by atoms with Gasteiger partial charge in [0.15, 0.2) is 0 Å². The maximum absolute atomic E-state index is 14.2. The van der Waals surface area contributed by atoms with Crippen LogP contribution in [-0.4, -0.2) is 24.8 Å². The Balaban J connectivity index is 3.59. The first-order valence-electron chi connectivity index (χ1n) is 6.12. The maximum Gasteiger partial charge on any atom is 0.435 e. The van der Waals surface area contributed by atoms with Crippen LogP contribution in [0.3, 0.4) is 0 Å². The normalized spacial score (nSPS) is 13.8.